The lowest BCUT2D eigenvalue weighted by Crippen LogP contribution is -2.39. The Bertz CT molecular complexity index is 429. The van der Waals surface area contributed by atoms with E-state index in [9.17, 15) is 4.79 Å². The van der Waals surface area contributed by atoms with E-state index in [1.54, 1.807) is 17.3 Å². The molecule has 4 nitrogen and oxygen atoms in total. The topological polar surface area (TPSA) is 45.2 Å². The fourth-order valence-electron chi connectivity index (χ4n) is 3.03. The second kappa shape index (κ2) is 8.01. The summed E-state index contributed by atoms with van der Waals surface area (Å²) in [5.74, 6) is 0.807. The highest BCUT2D eigenvalue weighted by Crippen LogP contribution is 2.25. The molecular formula is C17H27N3O. The maximum Gasteiger partial charge on any atom is 0.317 e. The van der Waals surface area contributed by atoms with E-state index >= 15 is 0 Å². The second-order valence-corrected chi connectivity index (χ2v) is 6.09. The molecule has 1 heterocycles. The maximum atomic E-state index is 12.2. The molecule has 1 atom stereocenters. The van der Waals surface area contributed by atoms with Gasteiger partial charge in [0.15, 0.2) is 0 Å². The molecule has 2 rings (SSSR count). The van der Waals surface area contributed by atoms with E-state index in [0.29, 0.717) is 0 Å². The minimum atomic E-state index is 0.00937. The Labute approximate surface area is 127 Å². The normalized spacial score (nSPS) is 17.2. The number of carbonyl (C=O) groups excluding carboxylic acids is 1. The van der Waals surface area contributed by atoms with Crippen LogP contribution in [-0.4, -0.2) is 29.5 Å². The molecule has 1 aliphatic rings. The first-order valence-electron chi connectivity index (χ1n) is 8.09. The number of carbonyl (C=O) groups is 1. The van der Waals surface area contributed by atoms with E-state index in [4.69, 9.17) is 0 Å². The lowest BCUT2D eigenvalue weighted by atomic mass is 9.87. The molecule has 1 N–H and O–H groups in total. The number of amides is 2. The Hall–Kier alpha value is -1.58. The predicted octanol–water partition coefficient (Wildman–Crippen LogP) is 3.75. The average Bonchev–Trinajstić information content (AvgIpc) is 2.55. The molecule has 0 saturated heterocycles. The van der Waals surface area contributed by atoms with Crippen LogP contribution >= 0.6 is 0 Å². The van der Waals surface area contributed by atoms with Crippen LogP contribution in [0.5, 0.6) is 0 Å². The Kier molecular flexibility index (Phi) is 6.03. The first-order valence-corrected chi connectivity index (χ1v) is 8.09. The van der Waals surface area contributed by atoms with E-state index in [0.717, 1.165) is 24.4 Å². The summed E-state index contributed by atoms with van der Waals surface area (Å²) >= 11 is 0. The summed E-state index contributed by atoms with van der Waals surface area (Å²) in [4.78, 5) is 18.0. The minimum Gasteiger partial charge on any atom is -0.338 e. The Morgan fingerprint density at radius 2 is 2.00 bits per heavy atom. The SMILES string of the molecule is CC(c1ccncc1)N(C)C(=O)NCCC1CCCCC1. The Balaban J connectivity index is 1.74. The van der Waals surface area contributed by atoms with E-state index in [1.807, 2.05) is 26.1 Å². The molecule has 116 valence electrons. The number of nitrogens with one attached hydrogen (secondary N) is 1. The van der Waals surface area contributed by atoms with E-state index in [-0.39, 0.29) is 12.1 Å². The fraction of sp³-hybridized carbons (Fsp3) is 0.647. The number of hydrogen-bond acceptors (Lipinski definition) is 2. The summed E-state index contributed by atoms with van der Waals surface area (Å²) in [5, 5.41) is 3.05. The first-order chi connectivity index (χ1) is 10.2. The molecular weight excluding hydrogens is 262 g/mol. The molecule has 1 fully saturated rings. The third kappa shape index (κ3) is 4.73. The van der Waals surface area contributed by atoms with Crippen LogP contribution in [0.15, 0.2) is 24.5 Å². The number of urea groups is 1. The molecule has 1 saturated carbocycles. The third-order valence-corrected chi connectivity index (χ3v) is 4.64. The summed E-state index contributed by atoms with van der Waals surface area (Å²) in [6, 6.07) is 3.98. The summed E-state index contributed by atoms with van der Waals surface area (Å²) in [6.45, 7) is 2.83. The van der Waals surface area contributed by atoms with Gasteiger partial charge in [0.25, 0.3) is 0 Å². The monoisotopic (exact) mass is 289 g/mol. The van der Waals surface area contributed by atoms with E-state index in [2.05, 4.69) is 10.3 Å². The standard InChI is InChI=1S/C17H27N3O/c1-14(16-9-11-18-12-10-16)20(2)17(21)19-13-8-15-6-4-3-5-7-15/h9-12,14-15H,3-8,13H2,1-2H3,(H,19,21). The molecule has 1 aromatic rings. The highest BCUT2D eigenvalue weighted by atomic mass is 16.2. The molecule has 0 spiro atoms. The third-order valence-electron chi connectivity index (χ3n) is 4.64. The van der Waals surface area contributed by atoms with Gasteiger partial charge in [-0.25, -0.2) is 4.79 Å². The van der Waals surface area contributed by atoms with Crippen LogP contribution in [0.3, 0.4) is 0 Å². The van der Waals surface area contributed by atoms with E-state index < -0.39 is 0 Å². The molecule has 4 heteroatoms. The van der Waals surface area contributed by atoms with Gasteiger partial charge in [-0.3, -0.25) is 4.98 Å². The van der Waals surface area contributed by atoms with Crippen molar-refractivity contribution in [3.8, 4) is 0 Å². The van der Waals surface area contributed by atoms with Gasteiger partial charge in [0.1, 0.15) is 0 Å². The molecule has 0 aliphatic heterocycles. The molecule has 2 amide bonds. The van der Waals surface area contributed by atoms with Crippen molar-refractivity contribution in [1.29, 1.82) is 0 Å². The predicted molar refractivity (Wildman–Crippen MR) is 85.0 cm³/mol. The number of hydrogen-bond donors (Lipinski definition) is 1. The van der Waals surface area contributed by atoms with Gasteiger partial charge in [-0.15, -0.1) is 0 Å². The number of nitrogens with zero attached hydrogens (tertiary/aromatic N) is 2. The highest BCUT2D eigenvalue weighted by Gasteiger charge is 2.18. The van der Waals surface area contributed by atoms with Crippen molar-refractivity contribution in [2.45, 2.75) is 51.5 Å². The summed E-state index contributed by atoms with van der Waals surface area (Å²) in [5.41, 5.74) is 1.11. The zero-order valence-electron chi connectivity index (χ0n) is 13.2. The molecule has 1 aromatic heterocycles. The van der Waals surface area contributed by atoms with Crippen molar-refractivity contribution in [2.24, 2.45) is 5.92 Å². The second-order valence-electron chi connectivity index (χ2n) is 6.09. The van der Waals surface area contributed by atoms with Gasteiger partial charge >= 0.3 is 6.03 Å². The molecule has 0 bridgehead atoms. The van der Waals surface area contributed by atoms with Crippen LogP contribution in [0.4, 0.5) is 4.79 Å². The van der Waals surface area contributed by atoms with Crippen molar-refractivity contribution < 1.29 is 4.79 Å². The zero-order chi connectivity index (χ0) is 15.1. The van der Waals surface area contributed by atoms with Gasteiger partial charge in [-0.05, 0) is 37.0 Å². The van der Waals surface area contributed by atoms with Gasteiger partial charge in [-0.1, -0.05) is 32.1 Å². The molecule has 1 aliphatic carbocycles. The maximum absolute atomic E-state index is 12.2. The van der Waals surface area contributed by atoms with Crippen LogP contribution in [0.25, 0.3) is 0 Å². The average molecular weight is 289 g/mol. The number of aromatic nitrogens is 1. The summed E-state index contributed by atoms with van der Waals surface area (Å²) in [6.07, 6.45) is 11.4. The van der Waals surface area contributed by atoms with Crippen LogP contribution in [0.1, 0.15) is 57.1 Å². The molecule has 0 radical (unpaired) electrons. The van der Waals surface area contributed by atoms with Gasteiger partial charge in [0.05, 0.1) is 6.04 Å². The molecule has 1 unspecified atom stereocenters. The fourth-order valence-corrected chi connectivity index (χ4v) is 3.03. The van der Waals surface area contributed by atoms with Crippen LogP contribution in [0.2, 0.25) is 0 Å². The van der Waals surface area contributed by atoms with Crippen molar-refractivity contribution >= 4 is 6.03 Å². The zero-order valence-corrected chi connectivity index (χ0v) is 13.2. The van der Waals surface area contributed by atoms with E-state index in [1.165, 1.54) is 32.1 Å². The number of rotatable bonds is 5. The van der Waals surface area contributed by atoms with Crippen molar-refractivity contribution in [3.63, 3.8) is 0 Å². The van der Waals surface area contributed by atoms with Crippen molar-refractivity contribution in [2.75, 3.05) is 13.6 Å². The Morgan fingerprint density at radius 1 is 1.33 bits per heavy atom. The van der Waals surface area contributed by atoms with Crippen LogP contribution < -0.4 is 5.32 Å². The Morgan fingerprint density at radius 3 is 2.67 bits per heavy atom. The first kappa shape index (κ1) is 15.8. The molecule has 21 heavy (non-hydrogen) atoms. The largest absolute Gasteiger partial charge is 0.338 e. The quantitative estimate of drug-likeness (QED) is 0.897. The van der Waals surface area contributed by atoms with Crippen molar-refractivity contribution in [1.82, 2.24) is 15.2 Å². The highest BCUT2D eigenvalue weighted by molar-refractivity contribution is 5.74. The lowest BCUT2D eigenvalue weighted by molar-refractivity contribution is 0.193. The van der Waals surface area contributed by atoms with Gasteiger partial charge in [0.2, 0.25) is 0 Å². The van der Waals surface area contributed by atoms with Crippen LogP contribution in [0, 0.1) is 5.92 Å². The smallest absolute Gasteiger partial charge is 0.317 e. The lowest BCUT2D eigenvalue weighted by Gasteiger charge is -2.26. The van der Waals surface area contributed by atoms with Gasteiger partial charge < -0.3 is 10.2 Å². The minimum absolute atomic E-state index is 0.00937. The van der Waals surface area contributed by atoms with Gasteiger partial charge in [0, 0.05) is 26.0 Å². The molecule has 0 aromatic carbocycles. The van der Waals surface area contributed by atoms with Gasteiger partial charge in [-0.2, -0.15) is 0 Å². The number of pyridine rings is 1. The van der Waals surface area contributed by atoms with Crippen LogP contribution in [-0.2, 0) is 0 Å². The summed E-state index contributed by atoms with van der Waals surface area (Å²) < 4.78 is 0. The van der Waals surface area contributed by atoms with Crippen molar-refractivity contribution in [3.05, 3.63) is 30.1 Å². The summed E-state index contributed by atoms with van der Waals surface area (Å²) in [7, 11) is 1.85.